The van der Waals surface area contributed by atoms with Crippen molar-refractivity contribution in [3.05, 3.63) is 39.4 Å². The Morgan fingerprint density at radius 1 is 1.50 bits per heavy atom. The molecular weight excluding hydrogens is 260 g/mol. The van der Waals surface area contributed by atoms with Gasteiger partial charge in [0.05, 0.1) is 6.54 Å². The average molecular weight is 272 g/mol. The van der Waals surface area contributed by atoms with Gasteiger partial charge in [-0.1, -0.05) is 17.7 Å². The zero-order chi connectivity index (χ0) is 13.9. The van der Waals surface area contributed by atoms with Gasteiger partial charge < -0.3 is 14.8 Å². The van der Waals surface area contributed by atoms with Crippen LogP contribution in [0.1, 0.15) is 13.8 Å². The van der Waals surface area contributed by atoms with Gasteiger partial charge in [-0.15, -0.1) is 0 Å². The van der Waals surface area contributed by atoms with Crippen molar-refractivity contribution >= 4 is 23.4 Å². The van der Waals surface area contributed by atoms with Crippen molar-refractivity contribution in [1.82, 2.24) is 0 Å². The maximum atomic E-state index is 11.1. The van der Waals surface area contributed by atoms with Crippen LogP contribution in [0.5, 0.6) is 0 Å². The highest BCUT2D eigenvalue weighted by Gasteiger charge is 2.34. The number of nitrogens with zero attached hydrogens (tertiary/aromatic N) is 2. The highest BCUT2D eigenvalue weighted by atomic mass is 35.5. The highest BCUT2D eigenvalue weighted by molar-refractivity contribution is 6.30. The molecule has 6 nitrogen and oxygen atoms in total. The fourth-order valence-electron chi connectivity index (χ4n) is 1.35. The van der Waals surface area contributed by atoms with Gasteiger partial charge in [-0.05, 0) is 18.2 Å². The first-order valence-electron chi connectivity index (χ1n) is 5.12. The van der Waals surface area contributed by atoms with Crippen LogP contribution in [0.15, 0.2) is 24.3 Å². The Balaban J connectivity index is 3.05. The van der Waals surface area contributed by atoms with Gasteiger partial charge >= 0.3 is 0 Å². The number of rotatable bonds is 4. The van der Waals surface area contributed by atoms with Crippen LogP contribution >= 0.6 is 11.6 Å². The third kappa shape index (κ3) is 3.33. The molecule has 1 amide bonds. The zero-order valence-electron chi connectivity index (χ0n) is 9.92. The molecule has 7 heteroatoms. The van der Waals surface area contributed by atoms with Gasteiger partial charge in [0.15, 0.2) is 0 Å². The van der Waals surface area contributed by atoms with Crippen LogP contribution < -0.4 is 10.0 Å². The lowest BCUT2D eigenvalue weighted by Gasteiger charge is -2.29. The molecule has 98 valence electrons. The van der Waals surface area contributed by atoms with E-state index < -0.39 is 16.6 Å². The van der Waals surface area contributed by atoms with Gasteiger partial charge in [0.2, 0.25) is 5.54 Å². The van der Waals surface area contributed by atoms with Gasteiger partial charge in [-0.25, -0.2) is 0 Å². The first-order valence-corrected chi connectivity index (χ1v) is 5.50. The summed E-state index contributed by atoms with van der Waals surface area (Å²) in [6, 6.07) is 6.05. The molecule has 1 rings (SSSR count). The van der Waals surface area contributed by atoms with Crippen molar-refractivity contribution in [2.24, 2.45) is 0 Å². The molecule has 0 radical (unpaired) electrons. The molecular formula is C11H12ClN2O4-. The lowest BCUT2D eigenvalue weighted by atomic mass is 10.1. The maximum Gasteiger partial charge on any atom is 0.234 e. The summed E-state index contributed by atoms with van der Waals surface area (Å²) >= 11 is 5.75. The van der Waals surface area contributed by atoms with Crippen molar-refractivity contribution in [3.63, 3.8) is 0 Å². The fraction of sp³-hybridized carbons (Fsp3) is 0.364. The van der Waals surface area contributed by atoms with E-state index in [4.69, 9.17) is 11.6 Å². The summed E-state index contributed by atoms with van der Waals surface area (Å²) in [5.41, 5.74) is -1.17. The molecule has 0 N–H and O–H groups in total. The van der Waals surface area contributed by atoms with Crippen molar-refractivity contribution in [2.75, 3.05) is 11.4 Å². The molecule has 0 aliphatic carbocycles. The lowest BCUT2D eigenvalue weighted by molar-refractivity contribution is -0.557. The summed E-state index contributed by atoms with van der Waals surface area (Å²) in [7, 11) is 0. The Kier molecular flexibility index (Phi) is 4.13. The van der Waals surface area contributed by atoms with E-state index in [0.717, 1.165) is 4.90 Å². The SMILES string of the molecule is CC(C)(CN(C(=O)[O-])c1cccc(Cl)c1)[N+](=O)[O-]. The van der Waals surface area contributed by atoms with Crippen LogP contribution in [0.3, 0.4) is 0 Å². The van der Waals surface area contributed by atoms with Crippen LogP contribution in [0.25, 0.3) is 0 Å². The van der Waals surface area contributed by atoms with Crippen molar-refractivity contribution in [3.8, 4) is 0 Å². The third-order valence-corrected chi connectivity index (χ3v) is 2.61. The summed E-state index contributed by atoms with van der Waals surface area (Å²) in [4.78, 5) is 22.1. The molecule has 0 fully saturated rings. The summed E-state index contributed by atoms with van der Waals surface area (Å²) in [6.45, 7) is 2.36. The summed E-state index contributed by atoms with van der Waals surface area (Å²) < 4.78 is 0. The first-order chi connectivity index (χ1) is 8.24. The molecule has 0 heterocycles. The Morgan fingerprint density at radius 3 is 2.56 bits per heavy atom. The number of carbonyl (C=O) groups is 1. The number of carbonyl (C=O) groups excluding carboxylic acids is 1. The van der Waals surface area contributed by atoms with E-state index >= 15 is 0 Å². The predicted octanol–water partition coefficient (Wildman–Crippen LogP) is 1.54. The van der Waals surface area contributed by atoms with E-state index in [0.29, 0.717) is 5.02 Å². The minimum absolute atomic E-state index is 0.248. The van der Waals surface area contributed by atoms with E-state index in [1.807, 2.05) is 0 Å². The largest absolute Gasteiger partial charge is 0.530 e. The molecule has 0 aliphatic rings. The minimum Gasteiger partial charge on any atom is -0.530 e. The molecule has 0 saturated carbocycles. The molecule has 1 aromatic carbocycles. The molecule has 0 atom stereocenters. The van der Waals surface area contributed by atoms with Crippen molar-refractivity contribution in [1.29, 1.82) is 0 Å². The van der Waals surface area contributed by atoms with E-state index in [2.05, 4.69) is 0 Å². The Hall–Kier alpha value is -1.82. The Bertz CT molecular complexity index is 476. The second-order valence-corrected chi connectivity index (χ2v) is 4.84. The Morgan fingerprint density at radius 2 is 2.11 bits per heavy atom. The third-order valence-electron chi connectivity index (χ3n) is 2.38. The van der Waals surface area contributed by atoms with E-state index in [-0.39, 0.29) is 12.2 Å². The molecule has 18 heavy (non-hydrogen) atoms. The van der Waals surface area contributed by atoms with Crippen molar-refractivity contribution < 1.29 is 14.8 Å². The lowest BCUT2D eigenvalue weighted by Crippen LogP contribution is -2.51. The first kappa shape index (κ1) is 14.2. The van der Waals surface area contributed by atoms with Gasteiger partial charge in [-0.3, -0.25) is 10.1 Å². The van der Waals surface area contributed by atoms with E-state index in [1.54, 1.807) is 12.1 Å². The molecule has 0 aromatic heterocycles. The summed E-state index contributed by atoms with van der Waals surface area (Å²) in [6.07, 6.45) is -1.51. The normalized spacial score (nSPS) is 11.1. The predicted molar refractivity (Wildman–Crippen MR) is 65.3 cm³/mol. The van der Waals surface area contributed by atoms with Gasteiger partial charge in [0.1, 0.15) is 6.09 Å². The van der Waals surface area contributed by atoms with Gasteiger partial charge in [0.25, 0.3) is 0 Å². The number of halogens is 1. The zero-order valence-corrected chi connectivity index (χ0v) is 10.7. The van der Waals surface area contributed by atoms with E-state index in [1.165, 1.54) is 26.0 Å². The van der Waals surface area contributed by atoms with Crippen molar-refractivity contribution in [2.45, 2.75) is 19.4 Å². The molecule has 0 aliphatic heterocycles. The quantitative estimate of drug-likeness (QED) is 0.614. The smallest absolute Gasteiger partial charge is 0.234 e. The van der Waals surface area contributed by atoms with Gasteiger partial charge in [-0.2, -0.15) is 0 Å². The van der Waals surface area contributed by atoms with Crippen LogP contribution in [-0.4, -0.2) is 23.1 Å². The second-order valence-electron chi connectivity index (χ2n) is 4.40. The topological polar surface area (TPSA) is 86.5 Å². The molecule has 0 spiro atoms. The maximum absolute atomic E-state index is 11.1. The highest BCUT2D eigenvalue weighted by Crippen LogP contribution is 2.22. The van der Waals surface area contributed by atoms with Gasteiger partial charge in [0, 0.05) is 29.5 Å². The number of amides is 1. The minimum atomic E-state index is -1.51. The molecule has 0 bridgehead atoms. The number of hydrogen-bond donors (Lipinski definition) is 0. The number of carboxylic acid groups (broad SMARTS) is 1. The fourth-order valence-corrected chi connectivity index (χ4v) is 1.53. The van der Waals surface area contributed by atoms with Crippen LogP contribution in [0.2, 0.25) is 5.02 Å². The molecule has 1 aromatic rings. The average Bonchev–Trinajstić information content (AvgIpc) is 2.25. The number of hydrogen-bond acceptors (Lipinski definition) is 4. The van der Waals surface area contributed by atoms with Crippen LogP contribution in [-0.2, 0) is 0 Å². The Labute approximate surface area is 109 Å². The van der Waals surface area contributed by atoms with Crippen LogP contribution in [0, 0.1) is 10.1 Å². The van der Waals surface area contributed by atoms with Crippen LogP contribution in [0.4, 0.5) is 10.5 Å². The summed E-state index contributed by atoms with van der Waals surface area (Å²) in [5, 5.41) is 22.2. The number of anilines is 1. The standard InChI is InChI=1S/C11H13ClN2O4/c1-11(2,14(17)18)7-13(10(15)16)9-5-3-4-8(12)6-9/h3-6H,7H2,1-2H3,(H,15,16)/p-1. The van der Waals surface area contributed by atoms with E-state index in [9.17, 15) is 20.0 Å². The number of nitro groups is 1. The molecule has 0 saturated heterocycles. The summed E-state index contributed by atoms with van der Waals surface area (Å²) in [5.74, 6) is 0. The second kappa shape index (κ2) is 5.22. The monoisotopic (exact) mass is 271 g/mol. The molecule has 0 unspecified atom stereocenters. The number of benzene rings is 1.